The summed E-state index contributed by atoms with van der Waals surface area (Å²) < 4.78 is 15.2. The summed E-state index contributed by atoms with van der Waals surface area (Å²) in [4.78, 5) is 43.8. The molecule has 2 aromatic heterocycles. The summed E-state index contributed by atoms with van der Waals surface area (Å²) in [5.41, 5.74) is 2.66. The number of imidazole rings is 1. The van der Waals surface area contributed by atoms with Crippen molar-refractivity contribution in [3.8, 4) is 5.75 Å². The zero-order valence-corrected chi connectivity index (χ0v) is 23.9. The Labute approximate surface area is 239 Å². The van der Waals surface area contributed by atoms with Crippen molar-refractivity contribution in [2.75, 3.05) is 13.7 Å². The number of fused-ring (bicyclic) bond motifs is 1. The Morgan fingerprint density at radius 3 is 2.34 bits per heavy atom. The van der Waals surface area contributed by atoms with E-state index in [1.165, 1.54) is 11.7 Å². The fourth-order valence-electron chi connectivity index (χ4n) is 5.75. The van der Waals surface area contributed by atoms with Gasteiger partial charge in [0.1, 0.15) is 11.6 Å². The zero-order valence-electron chi connectivity index (χ0n) is 23.9. The summed E-state index contributed by atoms with van der Waals surface area (Å²) in [6.45, 7) is 3.21. The van der Waals surface area contributed by atoms with Gasteiger partial charge in [-0.15, -0.1) is 0 Å². The Kier molecular flexibility index (Phi) is 9.01. The van der Waals surface area contributed by atoms with Crippen LogP contribution in [-0.2, 0) is 35.6 Å². The van der Waals surface area contributed by atoms with E-state index in [0.29, 0.717) is 49.4 Å². The second-order valence-corrected chi connectivity index (χ2v) is 10.7. The van der Waals surface area contributed by atoms with Gasteiger partial charge in [-0.2, -0.15) is 0 Å². The smallest absolute Gasteiger partial charge is 0.343 e. The minimum atomic E-state index is -0.433. The second-order valence-electron chi connectivity index (χ2n) is 10.7. The average Bonchev–Trinajstić information content (AvgIpc) is 3.65. The van der Waals surface area contributed by atoms with Crippen LogP contribution in [0, 0.1) is 0 Å². The number of benzene rings is 2. The van der Waals surface area contributed by atoms with Gasteiger partial charge in [0.05, 0.1) is 7.11 Å². The molecule has 0 saturated heterocycles. The molecular weight excluding hydrogens is 520 g/mol. The molecule has 9 nitrogen and oxygen atoms in total. The van der Waals surface area contributed by atoms with Crippen molar-refractivity contribution in [2.24, 2.45) is 0 Å². The lowest BCUT2D eigenvalue weighted by atomic mass is 10.1. The molecule has 1 aliphatic carbocycles. The van der Waals surface area contributed by atoms with Crippen LogP contribution in [0.25, 0.3) is 11.2 Å². The maximum Gasteiger partial charge on any atom is 0.343 e. The van der Waals surface area contributed by atoms with Crippen LogP contribution in [0.5, 0.6) is 5.75 Å². The van der Waals surface area contributed by atoms with Crippen molar-refractivity contribution in [3.63, 3.8) is 0 Å². The highest BCUT2D eigenvalue weighted by Crippen LogP contribution is 2.35. The van der Waals surface area contributed by atoms with Gasteiger partial charge >= 0.3 is 11.7 Å². The number of carbonyl (C=O) groups is 1. The van der Waals surface area contributed by atoms with Gasteiger partial charge in [0, 0.05) is 25.6 Å². The summed E-state index contributed by atoms with van der Waals surface area (Å²) in [5, 5.41) is 0. The Morgan fingerprint density at radius 2 is 1.66 bits per heavy atom. The number of rotatable bonds is 12. The highest BCUT2D eigenvalue weighted by molar-refractivity contribution is 5.72. The molecule has 216 valence electrons. The highest BCUT2D eigenvalue weighted by Gasteiger charge is 2.27. The molecule has 0 amide bonds. The maximum absolute atomic E-state index is 13.8. The largest absolute Gasteiger partial charge is 0.482 e. The molecule has 0 N–H and O–H groups in total. The Morgan fingerprint density at radius 1 is 0.927 bits per heavy atom. The lowest BCUT2D eigenvalue weighted by molar-refractivity contribution is -0.142. The summed E-state index contributed by atoms with van der Waals surface area (Å²) in [5.74, 6) is 1.36. The van der Waals surface area contributed by atoms with Crippen molar-refractivity contribution in [3.05, 3.63) is 92.4 Å². The van der Waals surface area contributed by atoms with E-state index in [9.17, 15) is 14.4 Å². The van der Waals surface area contributed by atoms with Crippen LogP contribution in [0.3, 0.4) is 0 Å². The first-order chi connectivity index (χ1) is 20.0. The molecule has 9 heteroatoms. The van der Waals surface area contributed by atoms with Crippen molar-refractivity contribution >= 4 is 17.1 Å². The molecule has 4 aromatic rings. The predicted octanol–water partition coefficient (Wildman–Crippen LogP) is 4.66. The molecule has 1 saturated carbocycles. The number of nitrogens with zero attached hydrogens (tertiary/aromatic N) is 4. The van der Waals surface area contributed by atoms with E-state index in [1.807, 2.05) is 49.4 Å². The number of methoxy groups -OCH3 is 1. The van der Waals surface area contributed by atoms with Crippen LogP contribution < -0.4 is 16.0 Å². The fraction of sp³-hybridized carbons (Fsp3) is 0.438. The number of esters is 1. The average molecular weight is 559 g/mol. The van der Waals surface area contributed by atoms with Gasteiger partial charge in [0.2, 0.25) is 0 Å². The van der Waals surface area contributed by atoms with Gasteiger partial charge < -0.3 is 14.0 Å². The number of carbonyl (C=O) groups excluding carboxylic acids is 1. The van der Waals surface area contributed by atoms with E-state index in [4.69, 9.17) is 9.72 Å². The first kappa shape index (κ1) is 28.4. The van der Waals surface area contributed by atoms with Gasteiger partial charge in [-0.25, -0.2) is 14.6 Å². The minimum absolute atomic E-state index is 0.137. The summed E-state index contributed by atoms with van der Waals surface area (Å²) >= 11 is 0. The molecule has 41 heavy (non-hydrogen) atoms. The lowest BCUT2D eigenvalue weighted by Crippen LogP contribution is -2.40. The number of ether oxygens (including phenoxy) is 2. The summed E-state index contributed by atoms with van der Waals surface area (Å²) in [7, 11) is 1.32. The van der Waals surface area contributed by atoms with Crippen molar-refractivity contribution < 1.29 is 14.3 Å². The Hall–Kier alpha value is -4.14. The molecular formula is C32H38N4O5. The van der Waals surface area contributed by atoms with E-state index in [-0.39, 0.29) is 23.8 Å². The maximum atomic E-state index is 13.8. The van der Waals surface area contributed by atoms with E-state index in [1.54, 1.807) is 4.57 Å². The van der Waals surface area contributed by atoms with Crippen molar-refractivity contribution in [1.29, 1.82) is 0 Å². The second kappa shape index (κ2) is 13.0. The van der Waals surface area contributed by atoms with Crippen molar-refractivity contribution in [1.82, 2.24) is 18.7 Å². The number of aromatic nitrogens is 4. The summed E-state index contributed by atoms with van der Waals surface area (Å²) in [6, 6.07) is 17.7. The monoisotopic (exact) mass is 558 g/mol. The van der Waals surface area contributed by atoms with Crippen LogP contribution in [-0.4, -0.2) is 38.4 Å². The van der Waals surface area contributed by atoms with Gasteiger partial charge in [-0.3, -0.25) is 13.9 Å². The molecule has 0 radical (unpaired) electrons. The minimum Gasteiger partial charge on any atom is -0.482 e. The highest BCUT2D eigenvalue weighted by atomic mass is 16.6. The molecule has 5 rings (SSSR count). The molecule has 0 aliphatic heterocycles. The molecule has 0 bridgehead atoms. The van der Waals surface area contributed by atoms with Gasteiger partial charge in [0.25, 0.3) is 5.56 Å². The Bertz CT molecular complexity index is 1600. The first-order valence-electron chi connectivity index (χ1n) is 14.6. The van der Waals surface area contributed by atoms with E-state index < -0.39 is 5.97 Å². The summed E-state index contributed by atoms with van der Waals surface area (Å²) in [6.07, 6.45) is 6.52. The van der Waals surface area contributed by atoms with Crippen LogP contribution in [0.2, 0.25) is 0 Å². The van der Waals surface area contributed by atoms with Crippen LogP contribution in [0.15, 0.2) is 64.2 Å². The third kappa shape index (κ3) is 6.29. The number of hydrogen-bond acceptors (Lipinski definition) is 6. The normalized spacial score (nSPS) is 13.6. The molecule has 1 aliphatic rings. The number of hydrogen-bond donors (Lipinski definition) is 0. The Balaban J connectivity index is 1.47. The molecule has 0 unspecified atom stereocenters. The first-order valence-corrected chi connectivity index (χ1v) is 14.6. The van der Waals surface area contributed by atoms with E-state index in [2.05, 4.69) is 21.4 Å². The zero-order chi connectivity index (χ0) is 28.8. The topological polar surface area (TPSA) is 97.4 Å². The quantitative estimate of drug-likeness (QED) is 0.235. The van der Waals surface area contributed by atoms with Crippen molar-refractivity contribution in [2.45, 2.75) is 77.4 Å². The van der Waals surface area contributed by atoms with Crippen LogP contribution in [0.4, 0.5) is 0 Å². The van der Waals surface area contributed by atoms with E-state index >= 15 is 0 Å². The lowest BCUT2D eigenvalue weighted by Gasteiger charge is -2.14. The van der Waals surface area contributed by atoms with Crippen LogP contribution in [0.1, 0.15) is 68.3 Å². The van der Waals surface area contributed by atoms with Crippen LogP contribution >= 0.6 is 0 Å². The van der Waals surface area contributed by atoms with Gasteiger partial charge in [0.15, 0.2) is 17.8 Å². The molecule has 2 heterocycles. The van der Waals surface area contributed by atoms with Gasteiger partial charge in [-0.1, -0.05) is 62.2 Å². The number of aryl methyl sites for hydroxylation is 2. The fourth-order valence-corrected chi connectivity index (χ4v) is 5.75. The van der Waals surface area contributed by atoms with E-state index in [0.717, 1.165) is 49.1 Å². The molecule has 0 atom stereocenters. The van der Waals surface area contributed by atoms with Gasteiger partial charge in [-0.05, 0) is 55.4 Å². The predicted molar refractivity (Wildman–Crippen MR) is 158 cm³/mol. The molecule has 0 spiro atoms. The third-order valence-electron chi connectivity index (χ3n) is 7.85. The molecule has 2 aromatic carbocycles. The standard InChI is InChI=1S/C32H38N4O5/c1-3-19-35-31(38)28-30(33-29(25-13-7-8-14-25)36(28)21-24-10-5-4-6-11-24)34(32(35)39)20-9-12-23-15-17-26(18-16-23)41-22-27(37)40-2/h4-6,10-11,15-18,25H,3,7-9,12-14,19-22H2,1-2H3. The third-order valence-corrected chi connectivity index (χ3v) is 7.85. The molecule has 1 fully saturated rings. The SMILES string of the molecule is CCCn1c(=O)c2c(nc(C3CCCC3)n2Cc2ccccc2)n(CCCc2ccc(OCC(=O)OC)cc2)c1=O.